The summed E-state index contributed by atoms with van der Waals surface area (Å²) in [4.78, 5) is 0. The van der Waals surface area contributed by atoms with E-state index in [1.807, 2.05) is 0 Å². The molecule has 96 valence electrons. The fourth-order valence-corrected chi connectivity index (χ4v) is 3.55. The molecule has 2 atom stereocenters. The van der Waals surface area contributed by atoms with Crippen LogP contribution in [-0.2, 0) is 4.74 Å². The SMILES string of the molecule is CCC1CCCC(O)(C2(C#N)CCOCC2)C1. The van der Waals surface area contributed by atoms with Crippen LogP contribution < -0.4 is 0 Å². The predicted octanol–water partition coefficient (Wildman–Crippen LogP) is 2.64. The Labute approximate surface area is 104 Å². The summed E-state index contributed by atoms with van der Waals surface area (Å²) in [5.74, 6) is 0.585. The van der Waals surface area contributed by atoms with Crippen molar-refractivity contribution in [3.8, 4) is 6.07 Å². The summed E-state index contributed by atoms with van der Waals surface area (Å²) in [5, 5.41) is 20.5. The molecule has 2 aliphatic rings. The van der Waals surface area contributed by atoms with Crippen molar-refractivity contribution < 1.29 is 9.84 Å². The highest BCUT2D eigenvalue weighted by molar-refractivity contribution is 5.13. The van der Waals surface area contributed by atoms with Crippen LogP contribution in [0, 0.1) is 22.7 Å². The molecule has 0 aromatic carbocycles. The molecular formula is C14H23NO2. The molecule has 1 heterocycles. The third-order valence-electron chi connectivity index (χ3n) is 4.86. The molecule has 2 rings (SSSR count). The Kier molecular flexibility index (Phi) is 3.75. The Morgan fingerprint density at radius 1 is 1.35 bits per heavy atom. The third kappa shape index (κ3) is 2.21. The van der Waals surface area contributed by atoms with Crippen molar-refractivity contribution in [2.75, 3.05) is 13.2 Å². The van der Waals surface area contributed by atoms with E-state index in [1.54, 1.807) is 0 Å². The quantitative estimate of drug-likeness (QED) is 0.803. The Morgan fingerprint density at radius 2 is 2.06 bits per heavy atom. The molecule has 1 saturated carbocycles. The molecule has 0 amide bonds. The van der Waals surface area contributed by atoms with Crippen LogP contribution in [0.25, 0.3) is 0 Å². The van der Waals surface area contributed by atoms with Crippen molar-refractivity contribution in [1.82, 2.24) is 0 Å². The second kappa shape index (κ2) is 4.96. The Bertz CT molecular complexity index is 304. The third-order valence-corrected chi connectivity index (χ3v) is 4.86. The average Bonchev–Trinajstić information content (AvgIpc) is 2.39. The summed E-state index contributed by atoms with van der Waals surface area (Å²) in [6.07, 6.45) is 6.34. The lowest BCUT2D eigenvalue weighted by molar-refractivity contribution is -0.132. The van der Waals surface area contributed by atoms with E-state index in [0.29, 0.717) is 32.0 Å². The van der Waals surface area contributed by atoms with E-state index in [-0.39, 0.29) is 0 Å². The number of ether oxygens (including phenoxy) is 1. The molecule has 3 nitrogen and oxygen atoms in total. The zero-order valence-corrected chi connectivity index (χ0v) is 10.7. The van der Waals surface area contributed by atoms with Gasteiger partial charge in [-0.3, -0.25) is 0 Å². The molecule has 0 aromatic heterocycles. The summed E-state index contributed by atoms with van der Waals surface area (Å²) in [7, 11) is 0. The van der Waals surface area contributed by atoms with Crippen molar-refractivity contribution in [1.29, 1.82) is 5.26 Å². The fraction of sp³-hybridized carbons (Fsp3) is 0.929. The van der Waals surface area contributed by atoms with Gasteiger partial charge in [-0.1, -0.05) is 26.2 Å². The molecule has 0 bridgehead atoms. The molecule has 1 aliphatic carbocycles. The van der Waals surface area contributed by atoms with Gasteiger partial charge >= 0.3 is 0 Å². The van der Waals surface area contributed by atoms with Gasteiger partial charge in [-0.2, -0.15) is 5.26 Å². The Morgan fingerprint density at radius 3 is 2.65 bits per heavy atom. The lowest BCUT2D eigenvalue weighted by Gasteiger charge is -2.48. The summed E-state index contributed by atoms with van der Waals surface area (Å²) in [5.41, 5.74) is -1.33. The van der Waals surface area contributed by atoms with Gasteiger partial charge in [0.1, 0.15) is 0 Å². The molecule has 17 heavy (non-hydrogen) atoms. The fourth-order valence-electron chi connectivity index (χ4n) is 3.55. The van der Waals surface area contributed by atoms with Gasteiger partial charge in [0.2, 0.25) is 0 Å². The molecule has 1 aliphatic heterocycles. The first-order valence-electron chi connectivity index (χ1n) is 6.87. The highest BCUT2D eigenvalue weighted by atomic mass is 16.5. The minimum absolute atomic E-state index is 0.556. The first-order valence-corrected chi connectivity index (χ1v) is 6.87. The normalized spacial score (nSPS) is 37.4. The maximum Gasteiger partial charge on any atom is 0.0903 e. The number of hydrogen-bond donors (Lipinski definition) is 1. The maximum absolute atomic E-state index is 11.0. The average molecular weight is 237 g/mol. The van der Waals surface area contributed by atoms with E-state index in [2.05, 4.69) is 13.0 Å². The van der Waals surface area contributed by atoms with Crippen LogP contribution in [0.2, 0.25) is 0 Å². The lowest BCUT2D eigenvalue weighted by atomic mass is 9.60. The molecule has 2 fully saturated rings. The molecule has 3 heteroatoms. The van der Waals surface area contributed by atoms with Crippen LogP contribution in [0.1, 0.15) is 51.9 Å². The monoisotopic (exact) mass is 237 g/mol. The zero-order chi connectivity index (χ0) is 12.4. The first-order chi connectivity index (χ1) is 8.16. The van der Waals surface area contributed by atoms with Gasteiger partial charge in [-0.05, 0) is 31.6 Å². The predicted molar refractivity (Wildman–Crippen MR) is 65.3 cm³/mol. The molecule has 0 radical (unpaired) electrons. The summed E-state index contributed by atoms with van der Waals surface area (Å²) in [6, 6.07) is 2.44. The standard InChI is InChI=1S/C14H23NO2/c1-2-12-4-3-5-14(16,10-12)13(11-15)6-8-17-9-7-13/h12,16H,2-10H2,1H3. The van der Waals surface area contributed by atoms with Crippen LogP contribution in [0.4, 0.5) is 0 Å². The van der Waals surface area contributed by atoms with Gasteiger partial charge in [0, 0.05) is 13.2 Å². The largest absolute Gasteiger partial charge is 0.388 e. The molecular weight excluding hydrogens is 214 g/mol. The number of rotatable bonds is 2. The topological polar surface area (TPSA) is 53.2 Å². The summed E-state index contributed by atoms with van der Waals surface area (Å²) < 4.78 is 5.35. The zero-order valence-electron chi connectivity index (χ0n) is 10.7. The first kappa shape index (κ1) is 12.9. The van der Waals surface area contributed by atoms with E-state index in [9.17, 15) is 10.4 Å². The molecule has 1 saturated heterocycles. The van der Waals surface area contributed by atoms with Gasteiger partial charge < -0.3 is 9.84 Å². The van der Waals surface area contributed by atoms with E-state index >= 15 is 0 Å². The highest BCUT2D eigenvalue weighted by Gasteiger charge is 2.52. The van der Waals surface area contributed by atoms with Crippen molar-refractivity contribution in [2.45, 2.75) is 57.5 Å². The number of nitriles is 1. The number of aliphatic hydroxyl groups is 1. The number of hydrogen-bond acceptors (Lipinski definition) is 3. The van der Waals surface area contributed by atoms with Crippen molar-refractivity contribution in [2.24, 2.45) is 11.3 Å². The second-order valence-electron chi connectivity index (χ2n) is 5.71. The molecule has 2 unspecified atom stereocenters. The smallest absolute Gasteiger partial charge is 0.0903 e. The van der Waals surface area contributed by atoms with E-state index < -0.39 is 11.0 Å². The Hall–Kier alpha value is -0.590. The molecule has 0 spiro atoms. The summed E-state index contributed by atoms with van der Waals surface area (Å²) in [6.45, 7) is 3.42. The van der Waals surface area contributed by atoms with Gasteiger partial charge in [-0.25, -0.2) is 0 Å². The van der Waals surface area contributed by atoms with E-state index in [4.69, 9.17) is 4.74 Å². The molecule has 0 aromatic rings. The van der Waals surface area contributed by atoms with Crippen molar-refractivity contribution in [3.05, 3.63) is 0 Å². The van der Waals surface area contributed by atoms with Crippen LogP contribution in [0.5, 0.6) is 0 Å². The maximum atomic E-state index is 11.0. The second-order valence-corrected chi connectivity index (χ2v) is 5.71. The van der Waals surface area contributed by atoms with Gasteiger partial charge in [0.05, 0.1) is 17.1 Å². The van der Waals surface area contributed by atoms with Crippen LogP contribution in [0.3, 0.4) is 0 Å². The van der Waals surface area contributed by atoms with E-state index in [1.165, 1.54) is 6.42 Å². The highest BCUT2D eigenvalue weighted by Crippen LogP contribution is 2.49. The van der Waals surface area contributed by atoms with Crippen LogP contribution >= 0.6 is 0 Å². The van der Waals surface area contributed by atoms with E-state index in [0.717, 1.165) is 25.7 Å². The minimum Gasteiger partial charge on any atom is -0.388 e. The molecule has 1 N–H and O–H groups in total. The van der Waals surface area contributed by atoms with Crippen LogP contribution in [-0.4, -0.2) is 23.9 Å². The van der Waals surface area contributed by atoms with Gasteiger partial charge in [0.25, 0.3) is 0 Å². The summed E-state index contributed by atoms with van der Waals surface area (Å²) >= 11 is 0. The van der Waals surface area contributed by atoms with Gasteiger partial charge in [-0.15, -0.1) is 0 Å². The Balaban J connectivity index is 2.19. The lowest BCUT2D eigenvalue weighted by Crippen LogP contribution is -2.53. The number of nitrogens with zero attached hydrogens (tertiary/aromatic N) is 1. The van der Waals surface area contributed by atoms with Crippen LogP contribution in [0.15, 0.2) is 0 Å². The van der Waals surface area contributed by atoms with Crippen molar-refractivity contribution in [3.63, 3.8) is 0 Å². The van der Waals surface area contributed by atoms with Gasteiger partial charge in [0.15, 0.2) is 0 Å². The minimum atomic E-state index is -0.773. The van der Waals surface area contributed by atoms with Crippen molar-refractivity contribution >= 4 is 0 Å².